The minimum Gasteiger partial charge on any atom is -0.350 e. The van der Waals surface area contributed by atoms with Crippen molar-refractivity contribution in [3.8, 4) is 0 Å². The Morgan fingerprint density at radius 2 is 1.61 bits per heavy atom. The molecule has 2 heterocycles. The highest BCUT2D eigenvalue weighted by molar-refractivity contribution is 8.04. The fourth-order valence-electron chi connectivity index (χ4n) is 5.00. The third-order valence-electron chi connectivity index (χ3n) is 6.86. The summed E-state index contributed by atoms with van der Waals surface area (Å²) < 4.78 is 0. The number of nitrogens with one attached hydrogen (secondary N) is 2. The number of carbonyl (C=O) groups is 4. The van der Waals surface area contributed by atoms with Gasteiger partial charge in [-0.1, -0.05) is 54.4 Å². The number of rotatable bonds is 6. The molecule has 5 rings (SSSR count). The molecular formula is C27H26ClN3O4S. The summed E-state index contributed by atoms with van der Waals surface area (Å²) in [7, 11) is 0. The SMILES string of the molecule is O=C(CN1CCCCC1)N[C@]1(C(=O)NCc2ccc(Cl)cc2)CSC2=C1C(=O)c1ccccc1C2=O. The van der Waals surface area contributed by atoms with Gasteiger partial charge in [0, 0.05) is 28.4 Å². The van der Waals surface area contributed by atoms with Gasteiger partial charge in [-0.3, -0.25) is 24.1 Å². The van der Waals surface area contributed by atoms with Crippen LogP contribution in [0.3, 0.4) is 0 Å². The Hall–Kier alpha value is -2.94. The van der Waals surface area contributed by atoms with Crippen LogP contribution in [-0.4, -0.2) is 59.2 Å². The quantitative estimate of drug-likeness (QED) is 0.602. The van der Waals surface area contributed by atoms with Crippen LogP contribution < -0.4 is 10.6 Å². The van der Waals surface area contributed by atoms with E-state index in [0.717, 1.165) is 49.7 Å². The van der Waals surface area contributed by atoms with Gasteiger partial charge in [0.15, 0.2) is 11.3 Å². The molecule has 2 aliphatic heterocycles. The third-order valence-corrected chi connectivity index (χ3v) is 8.37. The van der Waals surface area contributed by atoms with Crippen molar-refractivity contribution in [1.82, 2.24) is 15.5 Å². The number of hydrogen-bond donors (Lipinski definition) is 2. The topological polar surface area (TPSA) is 95.6 Å². The molecule has 0 unspecified atom stereocenters. The van der Waals surface area contributed by atoms with E-state index in [1.807, 2.05) is 0 Å². The first-order valence-corrected chi connectivity index (χ1v) is 13.4. The number of piperidine rings is 1. The minimum atomic E-state index is -1.64. The van der Waals surface area contributed by atoms with Crippen LogP contribution in [0.2, 0.25) is 5.02 Å². The maximum absolute atomic E-state index is 13.8. The Kier molecular flexibility index (Phi) is 7.01. The lowest BCUT2D eigenvalue weighted by Crippen LogP contribution is -2.63. The first-order valence-electron chi connectivity index (χ1n) is 12.0. The van der Waals surface area contributed by atoms with E-state index in [0.29, 0.717) is 10.6 Å². The molecular weight excluding hydrogens is 498 g/mol. The highest BCUT2D eigenvalue weighted by Crippen LogP contribution is 2.45. The molecule has 7 nitrogen and oxygen atoms in total. The number of ketones is 2. The van der Waals surface area contributed by atoms with E-state index in [1.165, 1.54) is 0 Å². The summed E-state index contributed by atoms with van der Waals surface area (Å²) in [6, 6.07) is 13.7. The molecule has 2 aromatic rings. The second kappa shape index (κ2) is 10.2. The van der Waals surface area contributed by atoms with Gasteiger partial charge in [0.25, 0.3) is 5.91 Å². The molecule has 0 bridgehead atoms. The number of Topliss-reactive ketones (excluding diaryl/α,β-unsaturated/α-hetero) is 2. The van der Waals surface area contributed by atoms with E-state index in [9.17, 15) is 19.2 Å². The summed E-state index contributed by atoms with van der Waals surface area (Å²) in [4.78, 5) is 56.2. The summed E-state index contributed by atoms with van der Waals surface area (Å²) in [5, 5.41) is 6.36. The Morgan fingerprint density at radius 1 is 0.944 bits per heavy atom. The zero-order valence-electron chi connectivity index (χ0n) is 19.6. The second-order valence-electron chi connectivity index (χ2n) is 9.30. The lowest BCUT2D eigenvalue weighted by molar-refractivity contribution is -0.132. The zero-order chi connectivity index (χ0) is 25.3. The van der Waals surface area contributed by atoms with Crippen LogP contribution in [0.15, 0.2) is 59.0 Å². The van der Waals surface area contributed by atoms with E-state index < -0.39 is 17.2 Å². The molecule has 1 fully saturated rings. The average molecular weight is 524 g/mol. The number of benzene rings is 2. The first kappa shape index (κ1) is 24.7. The van der Waals surface area contributed by atoms with Gasteiger partial charge in [-0.2, -0.15) is 0 Å². The summed E-state index contributed by atoms with van der Waals surface area (Å²) in [5.41, 5.74) is -0.176. The molecule has 2 amide bonds. The summed E-state index contributed by atoms with van der Waals surface area (Å²) in [6.07, 6.45) is 3.18. The predicted molar refractivity (Wildman–Crippen MR) is 139 cm³/mol. The van der Waals surface area contributed by atoms with Crippen molar-refractivity contribution < 1.29 is 19.2 Å². The standard InChI is InChI=1S/C27H26ClN3O4S/c28-18-10-8-17(9-11-18)14-29-26(35)27(30-21(32)15-31-12-4-1-5-13-31)16-36-25-22(27)23(33)19-6-2-3-7-20(19)24(25)34/h2-3,6-11H,1,4-5,12-16H2,(H,29,35)(H,30,32)/t27-/m1/s1. The van der Waals surface area contributed by atoms with E-state index >= 15 is 0 Å². The number of carbonyl (C=O) groups excluding carboxylic acids is 4. The first-order chi connectivity index (χ1) is 17.4. The fraction of sp³-hybridized carbons (Fsp3) is 0.333. The summed E-state index contributed by atoms with van der Waals surface area (Å²) >= 11 is 7.12. The molecule has 0 aromatic heterocycles. The molecule has 1 saturated heterocycles. The number of thioether (sulfide) groups is 1. The number of allylic oxidation sites excluding steroid dienone is 1. The van der Waals surface area contributed by atoms with E-state index in [2.05, 4.69) is 15.5 Å². The van der Waals surface area contributed by atoms with Gasteiger partial charge in [0.05, 0.1) is 17.0 Å². The molecule has 9 heteroatoms. The molecule has 1 aliphatic carbocycles. The number of hydrogen-bond acceptors (Lipinski definition) is 6. The van der Waals surface area contributed by atoms with Crippen LogP contribution in [-0.2, 0) is 16.1 Å². The Balaban J connectivity index is 1.46. The molecule has 2 aromatic carbocycles. The van der Waals surface area contributed by atoms with Crippen LogP contribution >= 0.6 is 23.4 Å². The van der Waals surface area contributed by atoms with Crippen molar-refractivity contribution in [2.75, 3.05) is 25.4 Å². The van der Waals surface area contributed by atoms with Gasteiger partial charge in [-0.25, -0.2) is 0 Å². The fourth-order valence-corrected chi connectivity index (χ4v) is 6.49. The minimum absolute atomic E-state index is 0.0665. The van der Waals surface area contributed by atoms with Crippen molar-refractivity contribution in [1.29, 1.82) is 0 Å². The largest absolute Gasteiger partial charge is 0.350 e. The van der Waals surface area contributed by atoms with E-state index in [-0.39, 0.29) is 46.6 Å². The third kappa shape index (κ3) is 4.61. The van der Waals surface area contributed by atoms with Gasteiger partial charge < -0.3 is 10.6 Å². The molecule has 3 aliphatic rings. The normalized spacial score (nSPS) is 21.7. The zero-order valence-corrected chi connectivity index (χ0v) is 21.2. The maximum atomic E-state index is 13.8. The van der Waals surface area contributed by atoms with Gasteiger partial charge in [-0.15, -0.1) is 11.8 Å². The molecule has 0 saturated carbocycles. The van der Waals surface area contributed by atoms with Crippen LogP contribution in [0.5, 0.6) is 0 Å². The molecule has 2 N–H and O–H groups in total. The molecule has 36 heavy (non-hydrogen) atoms. The van der Waals surface area contributed by atoms with Crippen LogP contribution in [0, 0.1) is 0 Å². The van der Waals surface area contributed by atoms with Gasteiger partial charge in [0.1, 0.15) is 0 Å². The lowest BCUT2D eigenvalue weighted by Gasteiger charge is -2.33. The Labute approximate surface area is 218 Å². The second-order valence-corrected chi connectivity index (χ2v) is 10.7. The number of fused-ring (bicyclic) bond motifs is 1. The molecule has 186 valence electrons. The number of halogens is 1. The predicted octanol–water partition coefficient (Wildman–Crippen LogP) is 3.38. The molecule has 1 atom stereocenters. The van der Waals surface area contributed by atoms with Crippen LogP contribution in [0.4, 0.5) is 0 Å². The molecule has 0 spiro atoms. The van der Waals surface area contributed by atoms with Gasteiger partial charge >= 0.3 is 0 Å². The van der Waals surface area contributed by atoms with Crippen molar-refractivity contribution in [2.45, 2.75) is 31.3 Å². The van der Waals surface area contributed by atoms with Crippen molar-refractivity contribution in [3.05, 3.63) is 80.7 Å². The van der Waals surface area contributed by atoms with E-state index in [1.54, 1.807) is 48.5 Å². The van der Waals surface area contributed by atoms with Crippen molar-refractivity contribution in [3.63, 3.8) is 0 Å². The van der Waals surface area contributed by atoms with Crippen LogP contribution in [0.1, 0.15) is 45.5 Å². The number of likely N-dealkylation sites (tertiary alicyclic amines) is 1. The Morgan fingerprint density at radius 3 is 2.31 bits per heavy atom. The summed E-state index contributed by atoms with van der Waals surface area (Å²) in [5.74, 6) is -1.47. The van der Waals surface area contributed by atoms with Gasteiger partial charge in [0.2, 0.25) is 11.7 Å². The highest BCUT2D eigenvalue weighted by atomic mass is 35.5. The number of amides is 2. The van der Waals surface area contributed by atoms with Crippen LogP contribution in [0.25, 0.3) is 0 Å². The van der Waals surface area contributed by atoms with Gasteiger partial charge in [-0.05, 0) is 43.6 Å². The monoisotopic (exact) mass is 523 g/mol. The van der Waals surface area contributed by atoms with E-state index in [4.69, 9.17) is 11.6 Å². The smallest absolute Gasteiger partial charge is 0.251 e. The van der Waals surface area contributed by atoms with Crippen molar-refractivity contribution in [2.24, 2.45) is 0 Å². The summed E-state index contributed by atoms with van der Waals surface area (Å²) in [6.45, 7) is 1.96. The number of nitrogens with zero attached hydrogens (tertiary/aromatic N) is 1. The Bertz CT molecular complexity index is 1270. The average Bonchev–Trinajstić information content (AvgIpc) is 3.28. The molecule has 0 radical (unpaired) electrons. The van der Waals surface area contributed by atoms with Crippen molar-refractivity contribution >= 4 is 46.7 Å². The maximum Gasteiger partial charge on any atom is 0.251 e. The highest BCUT2D eigenvalue weighted by Gasteiger charge is 2.55. The lowest BCUT2D eigenvalue weighted by atomic mass is 9.79.